The number of benzene rings is 1. The molecule has 0 radical (unpaired) electrons. The summed E-state index contributed by atoms with van der Waals surface area (Å²) in [5.74, 6) is 0.442. The smallest absolute Gasteiger partial charge is 0.267 e. The summed E-state index contributed by atoms with van der Waals surface area (Å²) >= 11 is 1.19. The molecule has 0 aliphatic heterocycles. The highest BCUT2D eigenvalue weighted by atomic mass is 32.1. The highest BCUT2D eigenvalue weighted by molar-refractivity contribution is 7.17. The minimum absolute atomic E-state index is 0.204. The van der Waals surface area contributed by atoms with Crippen LogP contribution in [0.5, 0.6) is 0 Å². The predicted molar refractivity (Wildman–Crippen MR) is 118 cm³/mol. The minimum Gasteiger partial charge on any atom is -0.351 e. The predicted octanol–water partition coefficient (Wildman–Crippen LogP) is 5.25. The number of carbonyl (C=O) groups excluding carboxylic acids is 1. The van der Waals surface area contributed by atoms with Crippen LogP contribution in [0.4, 0.5) is 10.8 Å². The molecule has 1 aliphatic carbocycles. The van der Waals surface area contributed by atoms with Crippen molar-refractivity contribution in [2.75, 3.05) is 10.6 Å². The van der Waals surface area contributed by atoms with E-state index in [0.717, 1.165) is 5.69 Å². The Morgan fingerprint density at radius 1 is 1.21 bits per heavy atom. The summed E-state index contributed by atoms with van der Waals surface area (Å²) in [4.78, 5) is 17.5. The van der Waals surface area contributed by atoms with Crippen LogP contribution in [0.25, 0.3) is 0 Å². The second-order valence-electron chi connectivity index (χ2n) is 8.57. The number of aliphatic hydroxyl groups excluding tert-OH is 1. The van der Waals surface area contributed by atoms with Gasteiger partial charge < -0.3 is 20.5 Å². The number of nitrogens with zero attached hydrogens (tertiary/aromatic N) is 1. The largest absolute Gasteiger partial charge is 0.351 e. The first-order chi connectivity index (χ1) is 13.7. The van der Waals surface area contributed by atoms with Crippen molar-refractivity contribution < 1.29 is 14.6 Å². The van der Waals surface area contributed by atoms with Crippen LogP contribution < -0.4 is 10.6 Å². The van der Waals surface area contributed by atoms with E-state index in [4.69, 9.17) is 4.74 Å². The lowest BCUT2D eigenvalue weighted by molar-refractivity contribution is -0.148. The molecule has 1 heterocycles. The van der Waals surface area contributed by atoms with Crippen molar-refractivity contribution in [2.24, 2.45) is 0 Å². The summed E-state index contributed by atoms with van der Waals surface area (Å²) in [6.45, 7) is 7.33. The molecule has 1 saturated carbocycles. The Hall–Kier alpha value is -1.96. The number of aryl methyl sites for hydroxylation is 1. The van der Waals surface area contributed by atoms with Gasteiger partial charge in [-0.15, -0.1) is 0 Å². The van der Waals surface area contributed by atoms with Crippen LogP contribution in [-0.4, -0.2) is 28.0 Å². The van der Waals surface area contributed by atoms with E-state index in [1.807, 2.05) is 32.9 Å². The van der Waals surface area contributed by atoms with Crippen molar-refractivity contribution in [3.05, 3.63) is 40.4 Å². The number of rotatable bonds is 6. The van der Waals surface area contributed by atoms with Gasteiger partial charge in [0.15, 0.2) is 5.13 Å². The normalized spacial score (nSPS) is 16.4. The molecule has 1 amide bonds. The van der Waals surface area contributed by atoms with E-state index in [-0.39, 0.29) is 5.91 Å². The van der Waals surface area contributed by atoms with Crippen molar-refractivity contribution in [3.63, 3.8) is 0 Å². The SMILES string of the molecule is Cc1nc(NC(O)OC(C)(C)C)sc1C(=O)Nc1ccc(C2CCCCC2)cc1. The molecular weight excluding hydrogens is 386 g/mol. The summed E-state index contributed by atoms with van der Waals surface area (Å²) in [6.07, 6.45) is 5.27. The lowest BCUT2D eigenvalue weighted by Crippen LogP contribution is -2.32. The summed E-state index contributed by atoms with van der Waals surface area (Å²) in [7, 11) is 0. The van der Waals surface area contributed by atoms with Crippen molar-refractivity contribution in [1.82, 2.24) is 4.98 Å². The van der Waals surface area contributed by atoms with Gasteiger partial charge in [0.05, 0.1) is 11.3 Å². The fourth-order valence-electron chi connectivity index (χ4n) is 3.60. The van der Waals surface area contributed by atoms with Crippen LogP contribution in [0, 0.1) is 6.92 Å². The first kappa shape index (κ1) is 21.7. The zero-order valence-corrected chi connectivity index (χ0v) is 18.4. The van der Waals surface area contributed by atoms with E-state index < -0.39 is 12.0 Å². The number of ether oxygens (including phenoxy) is 1. The van der Waals surface area contributed by atoms with Gasteiger partial charge in [0.2, 0.25) is 6.41 Å². The third-order valence-electron chi connectivity index (χ3n) is 4.96. The zero-order valence-electron chi connectivity index (χ0n) is 17.6. The Morgan fingerprint density at radius 2 is 1.86 bits per heavy atom. The van der Waals surface area contributed by atoms with E-state index >= 15 is 0 Å². The standard InChI is InChI=1S/C22H31N3O3S/c1-14-18(29-20(23-14)25-21(27)28-22(2,3)4)19(26)24-17-12-10-16(11-13-17)15-8-6-5-7-9-15/h10-13,15,21,27H,5-9H2,1-4H3,(H,23,25)(H,24,26). The van der Waals surface area contributed by atoms with Crippen LogP contribution >= 0.6 is 11.3 Å². The van der Waals surface area contributed by atoms with Crippen LogP contribution in [0.3, 0.4) is 0 Å². The van der Waals surface area contributed by atoms with Gasteiger partial charge >= 0.3 is 0 Å². The number of carbonyl (C=O) groups is 1. The third-order valence-corrected chi connectivity index (χ3v) is 6.05. The van der Waals surface area contributed by atoms with Crippen LogP contribution in [0.1, 0.15) is 79.7 Å². The Labute approximate surface area is 176 Å². The number of aromatic nitrogens is 1. The number of hydrogen-bond acceptors (Lipinski definition) is 6. The third kappa shape index (κ3) is 6.26. The first-order valence-electron chi connectivity index (χ1n) is 10.2. The molecule has 6 nitrogen and oxygen atoms in total. The van der Waals surface area contributed by atoms with Gasteiger partial charge in [0.25, 0.3) is 5.91 Å². The molecule has 1 fully saturated rings. The molecule has 3 rings (SSSR count). The van der Waals surface area contributed by atoms with E-state index in [2.05, 4.69) is 27.8 Å². The summed E-state index contributed by atoms with van der Waals surface area (Å²) in [5.41, 5.74) is 2.24. The number of aliphatic hydroxyl groups is 1. The summed E-state index contributed by atoms with van der Waals surface area (Å²) in [5, 5.41) is 16.1. The van der Waals surface area contributed by atoms with Gasteiger partial charge in [-0.2, -0.15) is 0 Å². The molecular formula is C22H31N3O3S. The quantitative estimate of drug-likeness (QED) is 0.559. The van der Waals surface area contributed by atoms with E-state index in [1.165, 1.54) is 49.0 Å². The topological polar surface area (TPSA) is 83.5 Å². The number of thiazole rings is 1. The molecule has 1 aromatic heterocycles. The minimum atomic E-state index is -1.19. The van der Waals surface area contributed by atoms with Crippen molar-refractivity contribution in [2.45, 2.75) is 77.7 Å². The highest BCUT2D eigenvalue weighted by Gasteiger charge is 2.21. The molecule has 0 saturated heterocycles. The second kappa shape index (κ2) is 9.24. The molecule has 0 bridgehead atoms. The Bertz CT molecular complexity index is 821. The number of hydrogen-bond donors (Lipinski definition) is 3. The fraction of sp³-hybridized carbons (Fsp3) is 0.545. The Morgan fingerprint density at radius 3 is 2.48 bits per heavy atom. The van der Waals surface area contributed by atoms with Gasteiger partial charge in [0.1, 0.15) is 4.88 Å². The van der Waals surface area contributed by atoms with Crippen molar-refractivity contribution >= 4 is 28.1 Å². The Kier molecular flexibility index (Phi) is 6.93. The van der Waals surface area contributed by atoms with Crippen molar-refractivity contribution in [3.8, 4) is 0 Å². The van der Waals surface area contributed by atoms with Gasteiger partial charge in [-0.25, -0.2) is 4.98 Å². The second-order valence-corrected chi connectivity index (χ2v) is 9.57. The van der Waals surface area contributed by atoms with E-state index in [1.54, 1.807) is 6.92 Å². The van der Waals surface area contributed by atoms with Gasteiger partial charge in [-0.3, -0.25) is 4.79 Å². The monoisotopic (exact) mass is 417 g/mol. The zero-order chi connectivity index (χ0) is 21.0. The molecule has 1 aliphatic rings. The first-order valence-corrected chi connectivity index (χ1v) is 11.0. The molecule has 2 aromatic rings. The molecule has 1 unspecified atom stereocenters. The number of amides is 1. The fourth-order valence-corrected chi connectivity index (χ4v) is 4.47. The summed E-state index contributed by atoms with van der Waals surface area (Å²) < 4.78 is 5.42. The lowest BCUT2D eigenvalue weighted by Gasteiger charge is -2.23. The van der Waals surface area contributed by atoms with Gasteiger partial charge in [-0.1, -0.05) is 42.7 Å². The van der Waals surface area contributed by atoms with Crippen LogP contribution in [0.2, 0.25) is 0 Å². The average molecular weight is 418 g/mol. The average Bonchev–Trinajstić information content (AvgIpc) is 3.01. The molecule has 1 atom stereocenters. The summed E-state index contributed by atoms with van der Waals surface area (Å²) in [6, 6.07) is 8.19. The number of nitrogens with one attached hydrogen (secondary N) is 2. The van der Waals surface area contributed by atoms with Gasteiger partial charge in [0, 0.05) is 5.69 Å². The maximum atomic E-state index is 12.7. The van der Waals surface area contributed by atoms with Crippen LogP contribution in [0.15, 0.2) is 24.3 Å². The number of anilines is 2. The van der Waals surface area contributed by atoms with Gasteiger partial charge in [-0.05, 0) is 64.2 Å². The molecule has 1 aromatic carbocycles. The van der Waals surface area contributed by atoms with E-state index in [9.17, 15) is 9.90 Å². The van der Waals surface area contributed by atoms with Crippen molar-refractivity contribution in [1.29, 1.82) is 0 Å². The molecule has 0 spiro atoms. The molecule has 7 heteroatoms. The highest BCUT2D eigenvalue weighted by Crippen LogP contribution is 2.33. The molecule has 29 heavy (non-hydrogen) atoms. The Balaban J connectivity index is 1.61. The van der Waals surface area contributed by atoms with Crippen LogP contribution in [-0.2, 0) is 4.74 Å². The lowest BCUT2D eigenvalue weighted by atomic mass is 9.84. The maximum absolute atomic E-state index is 12.7. The van der Waals surface area contributed by atoms with E-state index in [0.29, 0.717) is 21.6 Å². The maximum Gasteiger partial charge on any atom is 0.267 e. The molecule has 3 N–H and O–H groups in total. The molecule has 158 valence electrons.